The first kappa shape index (κ1) is 32.2. The maximum absolute atomic E-state index is 11.4. The molecule has 1 aromatic heterocycles. The van der Waals surface area contributed by atoms with Crippen LogP contribution in [0, 0.1) is 6.92 Å². The molecule has 2 N–H and O–H groups in total. The maximum Gasteiger partial charge on any atom is 0.215 e. The van der Waals surface area contributed by atoms with Gasteiger partial charge in [-0.25, -0.2) is 10.9 Å². The van der Waals surface area contributed by atoms with Gasteiger partial charge < -0.3 is 28.8 Å². The molecule has 1 amide bonds. The molecule has 0 saturated carbocycles. The van der Waals surface area contributed by atoms with Crippen molar-refractivity contribution in [1.29, 1.82) is 0 Å². The number of carbonyl (C=O) groups is 3. The molecule has 0 bridgehead atoms. The Morgan fingerprint density at radius 2 is 1.73 bits per heavy atom. The van der Waals surface area contributed by atoms with E-state index in [9.17, 15) is 4.79 Å². The second-order valence-corrected chi connectivity index (χ2v) is 6.79. The fourth-order valence-electron chi connectivity index (χ4n) is 2.80. The summed E-state index contributed by atoms with van der Waals surface area (Å²) in [4.78, 5) is 40.1. The molecule has 2 rings (SSSR count). The molecule has 0 radical (unpaired) electrons. The number of nitrogens with two attached hydrogens (primary N) is 1. The summed E-state index contributed by atoms with van der Waals surface area (Å²) in [5.74, 6) is 6.47. The van der Waals surface area contributed by atoms with E-state index in [2.05, 4.69) is 21.0 Å². The quantitative estimate of drug-likeness (QED) is 0.314. The van der Waals surface area contributed by atoms with Crippen molar-refractivity contribution in [1.82, 2.24) is 14.5 Å². The lowest BCUT2D eigenvalue weighted by Crippen LogP contribution is -2.24. The van der Waals surface area contributed by atoms with Crippen LogP contribution in [-0.2, 0) is 25.8 Å². The van der Waals surface area contributed by atoms with Crippen LogP contribution in [0.2, 0.25) is 5.02 Å². The van der Waals surface area contributed by atoms with E-state index in [1.807, 2.05) is 70.6 Å². The lowest BCUT2D eigenvalue weighted by atomic mass is 10.2. The Kier molecular flexibility index (Phi) is 18.1. The summed E-state index contributed by atoms with van der Waals surface area (Å²) in [6.07, 6.45) is 1.50. The van der Waals surface area contributed by atoms with Gasteiger partial charge in [0.05, 0.1) is 12.3 Å². The van der Waals surface area contributed by atoms with Gasteiger partial charge in [-0.1, -0.05) is 44.2 Å². The van der Waals surface area contributed by atoms with Crippen LogP contribution < -0.4 is 10.8 Å². The fourth-order valence-corrected chi connectivity index (χ4v) is 2.92. The molecule has 33 heavy (non-hydrogen) atoms. The molecule has 0 saturated heterocycles. The first-order valence-corrected chi connectivity index (χ1v) is 10.6. The van der Waals surface area contributed by atoms with Crippen molar-refractivity contribution in [2.24, 2.45) is 5.90 Å². The monoisotopic (exact) mass is 481 g/mol. The van der Waals surface area contributed by atoms with Gasteiger partial charge in [0.2, 0.25) is 6.41 Å². The molecular formula is C23H36ClN5O4. The summed E-state index contributed by atoms with van der Waals surface area (Å²) in [7, 11) is 3.62. The lowest BCUT2D eigenvalue weighted by molar-refractivity contribution is -0.107. The van der Waals surface area contributed by atoms with Crippen LogP contribution >= 0.6 is 11.6 Å². The van der Waals surface area contributed by atoms with Crippen LogP contribution in [-0.4, -0.2) is 61.7 Å². The molecule has 184 valence electrons. The van der Waals surface area contributed by atoms with Crippen LogP contribution in [0.5, 0.6) is 0 Å². The van der Waals surface area contributed by atoms with Gasteiger partial charge in [-0.15, -0.1) is 0 Å². The van der Waals surface area contributed by atoms with E-state index in [-0.39, 0.29) is 0 Å². The van der Waals surface area contributed by atoms with Gasteiger partial charge in [-0.2, -0.15) is 0 Å². The number of amides is 1. The van der Waals surface area contributed by atoms with Gasteiger partial charge in [0.1, 0.15) is 25.1 Å². The fraction of sp³-hybridized carbons (Fsp3) is 0.391. The normalized spacial score (nSPS) is 9.18. The second kappa shape index (κ2) is 18.6. The third kappa shape index (κ3) is 9.98. The van der Waals surface area contributed by atoms with Crippen molar-refractivity contribution >= 4 is 43.1 Å². The third-order valence-corrected chi connectivity index (χ3v) is 4.63. The number of anilines is 1. The lowest BCUT2D eigenvalue weighted by Gasteiger charge is -2.24. The average molecular weight is 482 g/mol. The van der Waals surface area contributed by atoms with Crippen molar-refractivity contribution in [2.45, 2.75) is 33.7 Å². The van der Waals surface area contributed by atoms with E-state index >= 15 is 0 Å². The van der Waals surface area contributed by atoms with Crippen molar-refractivity contribution in [2.75, 3.05) is 32.1 Å². The SMILES string of the molecule is C=C(c1c(N(C)C=O)nc(C)n1Cc1ccc(Cl)cc1)N(C)CCCON.C=O.C=O.CC. The highest BCUT2D eigenvalue weighted by molar-refractivity contribution is 6.30. The minimum Gasteiger partial charge on any atom is -0.373 e. The summed E-state index contributed by atoms with van der Waals surface area (Å²) < 4.78 is 2.05. The molecule has 0 aliphatic rings. The molecule has 0 aliphatic heterocycles. The predicted molar refractivity (Wildman–Crippen MR) is 134 cm³/mol. The summed E-state index contributed by atoms with van der Waals surface area (Å²) >= 11 is 5.99. The van der Waals surface area contributed by atoms with Gasteiger partial charge in [-0.3, -0.25) is 4.79 Å². The summed E-state index contributed by atoms with van der Waals surface area (Å²) in [5.41, 5.74) is 2.65. The Labute approximate surface area is 201 Å². The molecule has 1 aromatic carbocycles. The molecule has 9 nitrogen and oxygen atoms in total. The van der Waals surface area contributed by atoms with Gasteiger partial charge >= 0.3 is 0 Å². The number of benzene rings is 1. The molecule has 0 aliphatic carbocycles. The van der Waals surface area contributed by atoms with E-state index in [0.717, 1.165) is 35.6 Å². The van der Waals surface area contributed by atoms with Gasteiger partial charge in [0.15, 0.2) is 5.82 Å². The van der Waals surface area contributed by atoms with E-state index in [1.165, 1.54) is 4.90 Å². The average Bonchev–Trinajstić information content (AvgIpc) is 3.19. The summed E-state index contributed by atoms with van der Waals surface area (Å²) in [6, 6.07) is 7.66. The number of hydrogen-bond donors (Lipinski definition) is 1. The first-order valence-electron chi connectivity index (χ1n) is 10.2. The first-order chi connectivity index (χ1) is 15.9. The Morgan fingerprint density at radius 1 is 1.18 bits per heavy atom. The zero-order valence-corrected chi connectivity index (χ0v) is 21.0. The zero-order valence-electron chi connectivity index (χ0n) is 20.2. The summed E-state index contributed by atoms with van der Waals surface area (Å²) in [6.45, 7) is 15.9. The number of nitrogens with zero attached hydrogens (tertiary/aromatic N) is 4. The van der Waals surface area contributed by atoms with Crippen molar-refractivity contribution in [3.8, 4) is 0 Å². The Morgan fingerprint density at radius 3 is 2.21 bits per heavy atom. The van der Waals surface area contributed by atoms with Crippen LogP contribution in [0.1, 0.15) is 37.4 Å². The van der Waals surface area contributed by atoms with E-state index in [4.69, 9.17) is 27.1 Å². The molecule has 0 fully saturated rings. The predicted octanol–water partition coefficient (Wildman–Crippen LogP) is 3.33. The Hall–Kier alpha value is -3.01. The van der Waals surface area contributed by atoms with Crippen molar-refractivity contribution < 1.29 is 19.2 Å². The largest absolute Gasteiger partial charge is 0.373 e. The molecule has 2 aromatic rings. The smallest absolute Gasteiger partial charge is 0.215 e. The van der Waals surface area contributed by atoms with Gasteiger partial charge in [0.25, 0.3) is 0 Å². The Bertz CT molecular complexity index is 825. The van der Waals surface area contributed by atoms with E-state index < -0.39 is 0 Å². The van der Waals surface area contributed by atoms with E-state index in [1.54, 1.807) is 7.05 Å². The molecule has 0 spiro atoms. The number of aromatic nitrogens is 2. The minimum absolute atomic E-state index is 0.460. The number of halogens is 1. The summed E-state index contributed by atoms with van der Waals surface area (Å²) in [5, 5.41) is 0.689. The highest BCUT2D eigenvalue weighted by Crippen LogP contribution is 2.29. The van der Waals surface area contributed by atoms with Crippen LogP contribution in [0.4, 0.5) is 5.82 Å². The zero-order chi connectivity index (χ0) is 26.0. The molecular weight excluding hydrogens is 446 g/mol. The maximum atomic E-state index is 11.4. The number of carbonyl (C=O) groups excluding carboxylic acids is 3. The van der Waals surface area contributed by atoms with Crippen molar-refractivity contribution in [3.63, 3.8) is 0 Å². The van der Waals surface area contributed by atoms with Crippen molar-refractivity contribution in [3.05, 3.63) is 52.9 Å². The topological polar surface area (TPSA) is 111 Å². The highest BCUT2D eigenvalue weighted by atomic mass is 35.5. The standard InChI is InChI=1S/C19H26ClN5O2.C2H6.2CH2O/c1-14(23(3)10-5-11-27-21)18-19(24(4)13-26)22-15(2)25(18)12-16-6-8-17(20)9-7-16;3*1-2/h6-9,13H,1,5,10-12,21H2,2-4H3;1-2H3;2*1H2. The Balaban J connectivity index is 0. The molecule has 10 heteroatoms. The third-order valence-electron chi connectivity index (χ3n) is 4.38. The number of rotatable bonds is 10. The second-order valence-electron chi connectivity index (χ2n) is 6.35. The highest BCUT2D eigenvalue weighted by Gasteiger charge is 2.22. The van der Waals surface area contributed by atoms with Gasteiger partial charge in [-0.05, 0) is 31.0 Å². The van der Waals surface area contributed by atoms with Crippen LogP contribution in [0.15, 0.2) is 30.8 Å². The number of imidazole rings is 1. The van der Waals surface area contributed by atoms with Crippen LogP contribution in [0.25, 0.3) is 5.70 Å². The molecule has 0 unspecified atom stereocenters. The molecule has 0 atom stereocenters. The minimum atomic E-state index is 0.460. The molecule has 1 heterocycles. The number of hydrogen-bond acceptors (Lipinski definition) is 7. The van der Waals surface area contributed by atoms with Gasteiger partial charge in [0, 0.05) is 32.2 Å². The van der Waals surface area contributed by atoms with E-state index in [0.29, 0.717) is 30.5 Å². The number of aryl methyl sites for hydroxylation is 1. The van der Waals surface area contributed by atoms with Crippen LogP contribution in [0.3, 0.4) is 0 Å².